The van der Waals surface area contributed by atoms with Crippen molar-refractivity contribution in [3.05, 3.63) is 35.4 Å². The summed E-state index contributed by atoms with van der Waals surface area (Å²) >= 11 is 0. The fraction of sp³-hybridized carbons (Fsp3) is 0.182. The molecular weight excluding hydrogens is 225 g/mol. The van der Waals surface area contributed by atoms with Crippen molar-refractivity contribution in [1.29, 1.82) is 0 Å². The molecule has 2 aromatic rings. The molecule has 1 N–H and O–H groups in total. The molecule has 0 bridgehead atoms. The summed E-state index contributed by atoms with van der Waals surface area (Å²) in [5.74, 6) is -1.55. The molecule has 1 heterocycles. The summed E-state index contributed by atoms with van der Waals surface area (Å²) in [5.41, 5.74) is 1.02. The second-order valence-electron chi connectivity index (χ2n) is 3.65. The molecule has 0 radical (unpaired) electrons. The number of aryl methyl sites for hydroxylation is 2. The lowest BCUT2D eigenvalue weighted by molar-refractivity contribution is 0.0683. The standard InChI is InChI=1S/C11H10FN3O2/c1-6-3-4-7(5-8(6)12)10-13-9(11(16)17)14-15(10)2/h3-5H,1-2H3,(H,16,17). The number of rotatable bonds is 2. The fourth-order valence-electron chi connectivity index (χ4n) is 1.46. The minimum Gasteiger partial charge on any atom is -0.475 e. The Labute approximate surface area is 96.5 Å². The van der Waals surface area contributed by atoms with Gasteiger partial charge in [-0.2, -0.15) is 0 Å². The summed E-state index contributed by atoms with van der Waals surface area (Å²) in [5, 5.41) is 12.5. The summed E-state index contributed by atoms with van der Waals surface area (Å²) in [6.45, 7) is 1.65. The van der Waals surface area contributed by atoms with Crippen molar-refractivity contribution in [2.45, 2.75) is 6.92 Å². The summed E-state index contributed by atoms with van der Waals surface area (Å²) in [4.78, 5) is 14.5. The zero-order chi connectivity index (χ0) is 12.6. The largest absolute Gasteiger partial charge is 0.475 e. The number of halogens is 1. The zero-order valence-corrected chi connectivity index (χ0v) is 9.31. The maximum absolute atomic E-state index is 13.4. The maximum atomic E-state index is 13.4. The maximum Gasteiger partial charge on any atom is 0.375 e. The van der Waals surface area contributed by atoms with Crippen molar-refractivity contribution >= 4 is 5.97 Å². The Morgan fingerprint density at radius 3 is 2.71 bits per heavy atom. The van der Waals surface area contributed by atoms with Gasteiger partial charge in [0, 0.05) is 12.6 Å². The molecule has 0 spiro atoms. The Morgan fingerprint density at radius 1 is 1.47 bits per heavy atom. The molecule has 2 rings (SSSR count). The van der Waals surface area contributed by atoms with Crippen LogP contribution in [0.25, 0.3) is 11.4 Å². The van der Waals surface area contributed by atoms with Crippen molar-refractivity contribution in [1.82, 2.24) is 14.8 Å². The van der Waals surface area contributed by atoms with Gasteiger partial charge >= 0.3 is 5.97 Å². The summed E-state index contributed by atoms with van der Waals surface area (Å²) in [6.07, 6.45) is 0. The lowest BCUT2D eigenvalue weighted by Crippen LogP contribution is -2.00. The van der Waals surface area contributed by atoms with Gasteiger partial charge in [-0.15, -0.1) is 5.10 Å². The van der Waals surface area contributed by atoms with Gasteiger partial charge in [0.2, 0.25) is 0 Å². The van der Waals surface area contributed by atoms with Crippen LogP contribution in [0.3, 0.4) is 0 Å². The van der Waals surface area contributed by atoms with Crippen molar-refractivity contribution in [3.63, 3.8) is 0 Å². The van der Waals surface area contributed by atoms with E-state index in [0.29, 0.717) is 17.0 Å². The van der Waals surface area contributed by atoms with Crippen LogP contribution in [0, 0.1) is 12.7 Å². The molecule has 1 aromatic heterocycles. The van der Waals surface area contributed by atoms with Gasteiger partial charge in [0.15, 0.2) is 5.82 Å². The van der Waals surface area contributed by atoms with E-state index in [4.69, 9.17) is 5.11 Å². The van der Waals surface area contributed by atoms with E-state index in [1.807, 2.05) is 0 Å². The Morgan fingerprint density at radius 2 is 2.18 bits per heavy atom. The van der Waals surface area contributed by atoms with Gasteiger partial charge in [-0.1, -0.05) is 12.1 Å². The highest BCUT2D eigenvalue weighted by molar-refractivity contribution is 5.83. The minimum atomic E-state index is -1.21. The van der Waals surface area contributed by atoms with Gasteiger partial charge in [-0.3, -0.25) is 0 Å². The second kappa shape index (κ2) is 3.97. The first-order valence-corrected chi connectivity index (χ1v) is 4.90. The van der Waals surface area contributed by atoms with Crippen LogP contribution in [0.5, 0.6) is 0 Å². The molecule has 0 saturated heterocycles. The van der Waals surface area contributed by atoms with Crippen molar-refractivity contribution < 1.29 is 14.3 Å². The first-order valence-electron chi connectivity index (χ1n) is 4.90. The topological polar surface area (TPSA) is 68.0 Å². The number of hydrogen-bond donors (Lipinski definition) is 1. The van der Waals surface area contributed by atoms with E-state index < -0.39 is 5.97 Å². The third-order valence-corrected chi connectivity index (χ3v) is 2.38. The second-order valence-corrected chi connectivity index (χ2v) is 3.65. The van der Waals surface area contributed by atoms with E-state index in [9.17, 15) is 9.18 Å². The molecule has 0 aliphatic carbocycles. The van der Waals surface area contributed by atoms with Crippen LogP contribution in [0.2, 0.25) is 0 Å². The monoisotopic (exact) mass is 235 g/mol. The molecule has 5 nitrogen and oxygen atoms in total. The van der Waals surface area contributed by atoms with Crippen LogP contribution in [0.15, 0.2) is 18.2 Å². The van der Waals surface area contributed by atoms with Gasteiger partial charge in [0.25, 0.3) is 5.82 Å². The van der Waals surface area contributed by atoms with Crippen LogP contribution in [-0.4, -0.2) is 25.8 Å². The molecule has 6 heteroatoms. The number of benzene rings is 1. The van der Waals surface area contributed by atoms with Gasteiger partial charge in [0.1, 0.15) is 5.82 Å². The number of aromatic carboxylic acids is 1. The summed E-state index contributed by atoms with van der Waals surface area (Å²) in [6, 6.07) is 4.60. The van der Waals surface area contributed by atoms with Gasteiger partial charge < -0.3 is 5.11 Å². The van der Waals surface area contributed by atoms with Crippen LogP contribution < -0.4 is 0 Å². The van der Waals surface area contributed by atoms with Gasteiger partial charge in [-0.25, -0.2) is 18.9 Å². The van der Waals surface area contributed by atoms with Gasteiger partial charge in [0.05, 0.1) is 0 Å². The molecule has 0 saturated carbocycles. The van der Waals surface area contributed by atoms with Gasteiger partial charge in [-0.05, 0) is 18.6 Å². The smallest absolute Gasteiger partial charge is 0.375 e. The van der Waals surface area contributed by atoms with Crippen LogP contribution in [0.4, 0.5) is 4.39 Å². The zero-order valence-electron chi connectivity index (χ0n) is 9.31. The van der Waals surface area contributed by atoms with Crippen LogP contribution >= 0.6 is 0 Å². The average Bonchev–Trinajstić information content (AvgIpc) is 2.65. The highest BCUT2D eigenvalue weighted by Gasteiger charge is 2.15. The van der Waals surface area contributed by atoms with E-state index >= 15 is 0 Å². The third kappa shape index (κ3) is 2.01. The molecule has 1 aromatic carbocycles. The Kier molecular flexibility index (Phi) is 2.63. The fourth-order valence-corrected chi connectivity index (χ4v) is 1.46. The van der Waals surface area contributed by atoms with Crippen LogP contribution in [-0.2, 0) is 7.05 Å². The van der Waals surface area contributed by atoms with Crippen LogP contribution in [0.1, 0.15) is 16.2 Å². The van der Waals surface area contributed by atoms with Crippen molar-refractivity contribution in [2.75, 3.05) is 0 Å². The third-order valence-electron chi connectivity index (χ3n) is 2.38. The highest BCUT2D eigenvalue weighted by Crippen LogP contribution is 2.19. The quantitative estimate of drug-likeness (QED) is 0.858. The Balaban J connectivity index is 2.52. The number of carboxylic acid groups (broad SMARTS) is 1. The number of hydrogen-bond acceptors (Lipinski definition) is 3. The molecule has 0 unspecified atom stereocenters. The molecule has 0 amide bonds. The summed E-state index contributed by atoms with van der Waals surface area (Å²) in [7, 11) is 1.56. The van der Waals surface area contributed by atoms with E-state index in [1.54, 1.807) is 26.1 Å². The predicted octanol–water partition coefficient (Wildman–Crippen LogP) is 1.63. The molecule has 17 heavy (non-hydrogen) atoms. The normalized spacial score (nSPS) is 10.5. The molecular formula is C11H10FN3O2. The van der Waals surface area contributed by atoms with Crippen molar-refractivity contribution in [2.24, 2.45) is 7.05 Å². The van der Waals surface area contributed by atoms with E-state index in [0.717, 1.165) is 0 Å². The van der Waals surface area contributed by atoms with E-state index in [-0.39, 0.29) is 11.6 Å². The lowest BCUT2D eigenvalue weighted by atomic mass is 10.1. The molecule has 0 atom stereocenters. The van der Waals surface area contributed by atoms with E-state index in [2.05, 4.69) is 10.1 Å². The molecule has 0 aliphatic rings. The molecule has 0 fully saturated rings. The summed E-state index contributed by atoms with van der Waals surface area (Å²) < 4.78 is 14.7. The Hall–Kier alpha value is -2.24. The van der Waals surface area contributed by atoms with E-state index in [1.165, 1.54) is 10.7 Å². The average molecular weight is 235 g/mol. The predicted molar refractivity (Wildman–Crippen MR) is 58.1 cm³/mol. The highest BCUT2D eigenvalue weighted by atomic mass is 19.1. The number of carbonyl (C=O) groups is 1. The van der Waals surface area contributed by atoms with Crippen molar-refractivity contribution in [3.8, 4) is 11.4 Å². The lowest BCUT2D eigenvalue weighted by Gasteiger charge is -2.01. The number of carboxylic acids is 1. The molecule has 0 aliphatic heterocycles. The Bertz CT molecular complexity index is 592. The number of aromatic nitrogens is 3. The SMILES string of the molecule is Cc1ccc(-c2nc(C(=O)O)nn2C)cc1F. The molecule has 88 valence electrons. The first-order chi connectivity index (χ1) is 7.99. The minimum absolute atomic E-state index is 0.302. The number of nitrogens with zero attached hydrogens (tertiary/aromatic N) is 3. The first kappa shape index (κ1) is 11.3.